The molecule has 0 aliphatic rings. The molecule has 4 rings (SSSR count). The Balaban J connectivity index is 0.000000290. The molecule has 24 heteroatoms. The largest absolute Gasteiger partial charge is 0.481 e. The summed E-state index contributed by atoms with van der Waals surface area (Å²) in [4.78, 5) is 63.0. The minimum absolute atomic E-state index is 0.00538. The standard InChI is InChI=1S/2C15H15ClN4O6S/c1-3-20(14-17-11(16)8-12(18-14)26-2)15(23)19-27(24,25)10-7-5-4-6-9(10)13(21)22;1-3-26-13(21)9-6-4-5-7-10(9)27(23,24)20-15(22)19-14-17-11(16)8-12(18-14)25-2/h4-8H,3H2,1-2H3,(H,19,23)(H,21,22);4-8H,3H2,1-2H3,(H2,17,18,19,20,22). The van der Waals surface area contributed by atoms with Crippen LogP contribution in [0.2, 0.25) is 10.3 Å². The topological polar surface area (TPSA) is 275 Å². The number of ether oxygens (including phenoxy) is 3. The molecular weight excluding hydrogens is 799 g/mol. The summed E-state index contributed by atoms with van der Waals surface area (Å²) >= 11 is 11.6. The Morgan fingerprint density at radius 1 is 0.759 bits per heavy atom. The zero-order valence-corrected chi connectivity index (χ0v) is 31.6. The maximum absolute atomic E-state index is 12.5. The molecule has 0 saturated heterocycles. The summed E-state index contributed by atoms with van der Waals surface area (Å²) in [5.41, 5.74) is -0.679. The number of aromatic carboxylic acids is 1. The van der Waals surface area contributed by atoms with Crippen molar-refractivity contribution < 1.29 is 55.3 Å². The lowest BCUT2D eigenvalue weighted by atomic mass is 10.2. The summed E-state index contributed by atoms with van der Waals surface area (Å²) in [6, 6.07) is 10.6. The van der Waals surface area contributed by atoms with Crippen LogP contribution in [0.3, 0.4) is 0 Å². The van der Waals surface area contributed by atoms with E-state index in [9.17, 15) is 36.0 Å². The van der Waals surface area contributed by atoms with Gasteiger partial charge in [0.2, 0.25) is 23.7 Å². The number of hydrogen-bond acceptors (Lipinski definition) is 15. The van der Waals surface area contributed by atoms with Crippen LogP contribution in [0.4, 0.5) is 21.5 Å². The second kappa shape index (κ2) is 18.8. The van der Waals surface area contributed by atoms with E-state index in [1.54, 1.807) is 23.3 Å². The number of halogens is 2. The number of carbonyl (C=O) groups excluding carboxylic acids is 3. The van der Waals surface area contributed by atoms with E-state index in [0.29, 0.717) is 0 Å². The number of nitrogens with one attached hydrogen (secondary N) is 3. The van der Waals surface area contributed by atoms with Crippen molar-refractivity contribution in [3.8, 4) is 11.8 Å². The zero-order chi connectivity index (χ0) is 40.2. The number of rotatable bonds is 12. The van der Waals surface area contributed by atoms with Gasteiger partial charge in [-0.25, -0.2) is 55.4 Å². The molecule has 0 atom stereocenters. The third-order valence-corrected chi connectivity index (χ3v) is 9.46. The molecule has 4 aromatic rings. The summed E-state index contributed by atoms with van der Waals surface area (Å²) in [7, 11) is -6.18. The normalized spacial score (nSPS) is 10.9. The molecule has 288 valence electrons. The van der Waals surface area contributed by atoms with Gasteiger partial charge in [-0.05, 0) is 38.1 Å². The SMILES string of the molecule is CCN(C(=O)NS(=O)(=O)c1ccccc1C(=O)O)c1nc(Cl)cc(OC)n1.CCOC(=O)c1ccccc1S(=O)(=O)NC(=O)Nc1nc(Cl)cc(OC)n1. The molecule has 20 nitrogen and oxygen atoms in total. The number of amides is 4. The number of nitrogens with zero attached hydrogens (tertiary/aromatic N) is 5. The molecule has 0 aliphatic heterocycles. The number of esters is 1. The summed E-state index contributed by atoms with van der Waals surface area (Å²) < 4.78 is 68.2. The molecule has 0 fully saturated rings. The first-order valence-corrected chi connectivity index (χ1v) is 18.6. The molecular formula is C30H30Cl2N8O12S2. The van der Waals surface area contributed by atoms with Gasteiger partial charge in [0.15, 0.2) is 0 Å². The summed E-state index contributed by atoms with van der Waals surface area (Å²) in [5, 5.41) is 11.2. The Bertz CT molecular complexity index is 2260. The van der Waals surface area contributed by atoms with Crippen LogP contribution in [0.1, 0.15) is 34.6 Å². The molecule has 0 unspecified atom stereocenters. The van der Waals surface area contributed by atoms with E-state index in [0.717, 1.165) is 17.0 Å². The second-order valence-electron chi connectivity index (χ2n) is 9.82. The third kappa shape index (κ3) is 11.3. The van der Waals surface area contributed by atoms with Gasteiger partial charge < -0.3 is 19.3 Å². The highest BCUT2D eigenvalue weighted by molar-refractivity contribution is 7.90. The van der Waals surface area contributed by atoms with E-state index in [1.165, 1.54) is 62.8 Å². The number of hydrogen-bond donors (Lipinski definition) is 4. The molecule has 2 aromatic heterocycles. The minimum Gasteiger partial charge on any atom is -0.481 e. The van der Waals surface area contributed by atoms with Gasteiger partial charge in [0.1, 0.15) is 20.1 Å². The van der Waals surface area contributed by atoms with Gasteiger partial charge >= 0.3 is 24.0 Å². The van der Waals surface area contributed by atoms with E-state index >= 15 is 0 Å². The van der Waals surface area contributed by atoms with Crippen LogP contribution in [-0.4, -0.2) is 93.3 Å². The predicted molar refractivity (Wildman–Crippen MR) is 191 cm³/mol. The highest BCUT2D eigenvalue weighted by Gasteiger charge is 2.28. The molecule has 4 amide bonds. The number of carboxylic acids is 1. The number of carbonyl (C=O) groups is 4. The van der Waals surface area contributed by atoms with Gasteiger partial charge in [-0.1, -0.05) is 47.5 Å². The van der Waals surface area contributed by atoms with E-state index < -0.39 is 59.4 Å². The number of anilines is 2. The summed E-state index contributed by atoms with van der Waals surface area (Å²) in [6.45, 7) is 3.22. The van der Waals surface area contributed by atoms with Crippen LogP contribution in [0.5, 0.6) is 11.8 Å². The lowest BCUT2D eigenvalue weighted by Gasteiger charge is -2.20. The van der Waals surface area contributed by atoms with Crippen molar-refractivity contribution in [2.45, 2.75) is 23.6 Å². The average Bonchev–Trinajstić information content (AvgIpc) is 3.11. The fraction of sp³-hybridized carbons (Fsp3) is 0.200. The first-order chi connectivity index (χ1) is 25.5. The minimum atomic E-state index is -4.47. The fourth-order valence-corrected chi connectivity index (χ4v) is 6.63. The van der Waals surface area contributed by atoms with Gasteiger partial charge in [0, 0.05) is 18.7 Å². The van der Waals surface area contributed by atoms with Crippen LogP contribution >= 0.6 is 23.2 Å². The molecule has 4 N–H and O–H groups in total. The fourth-order valence-electron chi connectivity index (χ4n) is 4.03. The van der Waals surface area contributed by atoms with E-state index in [-0.39, 0.29) is 52.7 Å². The first-order valence-electron chi connectivity index (χ1n) is 14.9. The van der Waals surface area contributed by atoms with Crippen molar-refractivity contribution in [1.29, 1.82) is 0 Å². The molecule has 0 spiro atoms. The van der Waals surface area contributed by atoms with Crippen LogP contribution in [0, 0.1) is 0 Å². The third-order valence-electron chi connectivity index (χ3n) is 6.31. The maximum Gasteiger partial charge on any atom is 0.339 e. The van der Waals surface area contributed by atoms with Crippen LogP contribution in [-0.2, 0) is 24.8 Å². The monoisotopic (exact) mass is 828 g/mol. The lowest BCUT2D eigenvalue weighted by Crippen LogP contribution is -2.44. The first kappa shape index (κ1) is 42.6. The number of benzene rings is 2. The van der Waals surface area contributed by atoms with Crippen molar-refractivity contribution >= 4 is 79.1 Å². The molecule has 0 saturated carbocycles. The van der Waals surface area contributed by atoms with Crippen LogP contribution < -0.4 is 29.1 Å². The quantitative estimate of drug-likeness (QED) is 0.117. The van der Waals surface area contributed by atoms with Gasteiger partial charge in [0.05, 0.1) is 32.0 Å². The van der Waals surface area contributed by atoms with Crippen molar-refractivity contribution in [3.63, 3.8) is 0 Å². The number of methoxy groups -OCH3 is 2. The Kier molecular flexibility index (Phi) is 14.8. The van der Waals surface area contributed by atoms with Gasteiger partial charge in [-0.2, -0.15) is 9.97 Å². The number of urea groups is 2. The van der Waals surface area contributed by atoms with E-state index in [2.05, 4.69) is 25.3 Å². The van der Waals surface area contributed by atoms with Gasteiger partial charge in [-0.15, -0.1) is 0 Å². The maximum atomic E-state index is 12.5. The molecule has 0 radical (unpaired) electrons. The Morgan fingerprint density at radius 3 is 1.83 bits per heavy atom. The zero-order valence-electron chi connectivity index (χ0n) is 28.4. The van der Waals surface area contributed by atoms with E-state index in [4.69, 9.17) is 42.5 Å². The van der Waals surface area contributed by atoms with Crippen molar-refractivity contribution in [1.82, 2.24) is 29.4 Å². The molecule has 2 aromatic carbocycles. The average molecular weight is 830 g/mol. The lowest BCUT2D eigenvalue weighted by molar-refractivity contribution is 0.0521. The van der Waals surface area contributed by atoms with Crippen molar-refractivity contribution in [2.75, 3.05) is 37.6 Å². The van der Waals surface area contributed by atoms with E-state index in [1.807, 2.05) is 0 Å². The van der Waals surface area contributed by atoms with Crippen LogP contribution in [0.15, 0.2) is 70.5 Å². The number of aromatic nitrogens is 4. The Hall–Kier alpha value is -5.84. The predicted octanol–water partition coefficient (Wildman–Crippen LogP) is 3.59. The van der Waals surface area contributed by atoms with Crippen molar-refractivity contribution in [2.24, 2.45) is 0 Å². The number of sulfonamides is 2. The highest BCUT2D eigenvalue weighted by atomic mass is 35.5. The smallest absolute Gasteiger partial charge is 0.339 e. The molecule has 54 heavy (non-hydrogen) atoms. The van der Waals surface area contributed by atoms with Crippen molar-refractivity contribution in [3.05, 3.63) is 82.1 Å². The Labute approximate surface area is 317 Å². The number of carboxylic acid groups (broad SMARTS) is 1. The summed E-state index contributed by atoms with van der Waals surface area (Å²) in [5.74, 6) is -2.58. The highest BCUT2D eigenvalue weighted by Crippen LogP contribution is 2.21. The summed E-state index contributed by atoms with van der Waals surface area (Å²) in [6.07, 6.45) is 0. The van der Waals surface area contributed by atoms with Crippen LogP contribution in [0.25, 0.3) is 0 Å². The van der Waals surface area contributed by atoms with Gasteiger partial charge in [-0.3, -0.25) is 10.2 Å². The van der Waals surface area contributed by atoms with Gasteiger partial charge in [0.25, 0.3) is 20.0 Å². The molecule has 0 aliphatic carbocycles. The second-order valence-corrected chi connectivity index (χ2v) is 13.9. The molecule has 2 heterocycles. The molecule has 0 bridgehead atoms. The Morgan fingerprint density at radius 2 is 1.28 bits per heavy atom.